The highest BCUT2D eigenvalue weighted by molar-refractivity contribution is 5.07. The minimum Gasteiger partial charge on any atom is -0.378 e. The van der Waals surface area contributed by atoms with Crippen LogP contribution in [0.3, 0.4) is 0 Å². The first kappa shape index (κ1) is 15.5. The van der Waals surface area contributed by atoms with E-state index < -0.39 is 0 Å². The average molecular weight is 280 g/mol. The molecule has 2 N–H and O–H groups in total. The number of nitrogens with one attached hydrogen (secondary N) is 2. The number of hydrogen-bond donors (Lipinski definition) is 2. The molecule has 0 unspecified atom stereocenters. The molecule has 0 amide bonds. The van der Waals surface area contributed by atoms with E-state index in [-0.39, 0.29) is 0 Å². The molecule has 0 atom stereocenters. The number of nitrogens with zero attached hydrogens (tertiary/aromatic N) is 2. The van der Waals surface area contributed by atoms with Crippen LogP contribution in [0.15, 0.2) is 6.07 Å². The minimum absolute atomic E-state index is 0.598. The molecule has 5 heteroatoms. The Hall–Kier alpha value is -0.910. The molecule has 1 aromatic heterocycles. The zero-order valence-electron chi connectivity index (χ0n) is 13.0. The second-order valence-corrected chi connectivity index (χ2v) is 6.17. The predicted molar refractivity (Wildman–Crippen MR) is 80.4 cm³/mol. The van der Waals surface area contributed by atoms with Gasteiger partial charge in [0.2, 0.25) is 0 Å². The van der Waals surface area contributed by atoms with Gasteiger partial charge in [-0.25, -0.2) is 0 Å². The van der Waals surface area contributed by atoms with Crippen LogP contribution in [0.2, 0.25) is 0 Å². The fourth-order valence-electron chi connectivity index (χ4n) is 2.81. The number of ether oxygens (including phenoxy) is 1. The molecule has 0 aromatic carbocycles. The van der Waals surface area contributed by atoms with Crippen LogP contribution >= 0.6 is 0 Å². The predicted octanol–water partition coefficient (Wildman–Crippen LogP) is 1.77. The third-order valence-corrected chi connectivity index (χ3v) is 3.77. The van der Waals surface area contributed by atoms with E-state index >= 15 is 0 Å². The summed E-state index contributed by atoms with van der Waals surface area (Å²) < 4.78 is 5.08. The molecular formula is C15H28N4O. The van der Waals surface area contributed by atoms with Crippen molar-refractivity contribution in [3.63, 3.8) is 0 Å². The highest BCUT2D eigenvalue weighted by atomic mass is 16.5. The number of likely N-dealkylation sites (tertiary alicyclic amines) is 1. The Morgan fingerprint density at radius 1 is 1.45 bits per heavy atom. The maximum Gasteiger partial charge on any atom is 0.0878 e. The molecule has 1 aliphatic rings. The molecule has 1 aliphatic heterocycles. The topological polar surface area (TPSA) is 53.2 Å². The van der Waals surface area contributed by atoms with E-state index in [9.17, 15) is 0 Å². The summed E-state index contributed by atoms with van der Waals surface area (Å²) in [5.74, 6) is 0.766. The summed E-state index contributed by atoms with van der Waals surface area (Å²) in [7, 11) is 1.70. The first-order valence-electron chi connectivity index (χ1n) is 7.65. The van der Waals surface area contributed by atoms with Crippen molar-refractivity contribution in [2.45, 2.75) is 45.9 Å². The van der Waals surface area contributed by atoms with Crippen molar-refractivity contribution in [1.29, 1.82) is 0 Å². The van der Waals surface area contributed by atoms with E-state index in [2.05, 4.69) is 40.3 Å². The molecular weight excluding hydrogens is 252 g/mol. The van der Waals surface area contributed by atoms with Gasteiger partial charge in [0.25, 0.3) is 0 Å². The van der Waals surface area contributed by atoms with Crippen LogP contribution in [0.1, 0.15) is 38.1 Å². The van der Waals surface area contributed by atoms with Crippen molar-refractivity contribution in [3.05, 3.63) is 17.5 Å². The summed E-state index contributed by atoms with van der Waals surface area (Å²) in [4.78, 5) is 2.58. The van der Waals surface area contributed by atoms with Crippen molar-refractivity contribution >= 4 is 0 Å². The van der Waals surface area contributed by atoms with E-state index in [0.717, 1.165) is 23.9 Å². The van der Waals surface area contributed by atoms with Gasteiger partial charge in [-0.3, -0.25) is 5.10 Å². The number of hydrogen-bond acceptors (Lipinski definition) is 4. The lowest BCUT2D eigenvalue weighted by molar-refractivity contribution is 0.179. The number of rotatable bonds is 7. The highest BCUT2D eigenvalue weighted by Crippen LogP contribution is 2.12. The molecule has 0 radical (unpaired) electrons. The number of aromatic nitrogens is 2. The Kier molecular flexibility index (Phi) is 6.01. The molecule has 2 rings (SSSR count). The number of piperidine rings is 1. The molecule has 1 fully saturated rings. The zero-order chi connectivity index (χ0) is 14.4. The fraction of sp³-hybridized carbons (Fsp3) is 0.800. The molecule has 0 saturated carbocycles. The van der Waals surface area contributed by atoms with Gasteiger partial charge >= 0.3 is 0 Å². The Labute approximate surface area is 122 Å². The van der Waals surface area contributed by atoms with Crippen LogP contribution in [0.4, 0.5) is 0 Å². The van der Waals surface area contributed by atoms with Gasteiger partial charge in [0, 0.05) is 26.2 Å². The van der Waals surface area contributed by atoms with E-state index in [1.165, 1.54) is 32.5 Å². The van der Waals surface area contributed by atoms with Crippen LogP contribution < -0.4 is 5.32 Å². The normalized spacial score (nSPS) is 18.0. The molecule has 114 valence electrons. The molecule has 0 aliphatic carbocycles. The third kappa shape index (κ3) is 4.89. The SMILES string of the molecule is COCc1cc(CNC2CCN(CC(C)C)CC2)n[nH]1. The maximum absolute atomic E-state index is 5.08. The third-order valence-electron chi connectivity index (χ3n) is 3.77. The molecule has 0 bridgehead atoms. The number of methoxy groups -OCH3 is 1. The Morgan fingerprint density at radius 2 is 2.20 bits per heavy atom. The summed E-state index contributed by atoms with van der Waals surface area (Å²) in [5.41, 5.74) is 2.11. The van der Waals surface area contributed by atoms with Gasteiger partial charge < -0.3 is 15.0 Å². The molecule has 5 nitrogen and oxygen atoms in total. The Balaban J connectivity index is 1.67. The van der Waals surface area contributed by atoms with E-state index in [4.69, 9.17) is 4.74 Å². The van der Waals surface area contributed by atoms with Gasteiger partial charge in [-0.2, -0.15) is 5.10 Å². The lowest BCUT2D eigenvalue weighted by Crippen LogP contribution is -2.43. The summed E-state index contributed by atoms with van der Waals surface area (Å²) in [6.07, 6.45) is 2.48. The van der Waals surface area contributed by atoms with Crippen molar-refractivity contribution < 1.29 is 4.74 Å². The lowest BCUT2D eigenvalue weighted by atomic mass is 10.0. The second kappa shape index (κ2) is 7.76. The molecule has 0 spiro atoms. The lowest BCUT2D eigenvalue weighted by Gasteiger charge is -2.33. The van der Waals surface area contributed by atoms with Crippen LogP contribution in [0, 0.1) is 5.92 Å². The van der Waals surface area contributed by atoms with Crippen molar-refractivity contribution in [1.82, 2.24) is 20.4 Å². The fourth-order valence-corrected chi connectivity index (χ4v) is 2.81. The van der Waals surface area contributed by atoms with Crippen molar-refractivity contribution in [2.75, 3.05) is 26.7 Å². The van der Waals surface area contributed by atoms with Gasteiger partial charge in [0.05, 0.1) is 18.0 Å². The summed E-state index contributed by atoms with van der Waals surface area (Å²) in [5, 5.41) is 10.9. The summed E-state index contributed by atoms with van der Waals surface area (Å²) >= 11 is 0. The quantitative estimate of drug-likeness (QED) is 0.799. The Bertz CT molecular complexity index is 383. The van der Waals surface area contributed by atoms with Gasteiger partial charge in [0.15, 0.2) is 0 Å². The number of H-pyrrole nitrogens is 1. The second-order valence-electron chi connectivity index (χ2n) is 6.17. The standard InChI is InChI=1S/C15H28N4O/c1-12(2)10-19-6-4-13(5-7-19)16-9-14-8-15(11-20-3)18-17-14/h8,12-13,16H,4-7,9-11H2,1-3H3,(H,17,18). The van der Waals surface area contributed by atoms with E-state index in [1.54, 1.807) is 7.11 Å². The van der Waals surface area contributed by atoms with Crippen molar-refractivity contribution in [2.24, 2.45) is 5.92 Å². The molecule has 1 aromatic rings. The largest absolute Gasteiger partial charge is 0.378 e. The van der Waals surface area contributed by atoms with Gasteiger partial charge in [-0.05, 0) is 37.9 Å². The van der Waals surface area contributed by atoms with Crippen LogP contribution in [-0.4, -0.2) is 47.9 Å². The first-order chi connectivity index (χ1) is 9.67. The summed E-state index contributed by atoms with van der Waals surface area (Å²) in [6.45, 7) is 9.68. The van der Waals surface area contributed by atoms with E-state index in [0.29, 0.717) is 12.6 Å². The van der Waals surface area contributed by atoms with Crippen LogP contribution in [0.25, 0.3) is 0 Å². The highest BCUT2D eigenvalue weighted by Gasteiger charge is 2.19. The van der Waals surface area contributed by atoms with Crippen LogP contribution in [-0.2, 0) is 17.9 Å². The molecule has 2 heterocycles. The molecule has 20 heavy (non-hydrogen) atoms. The van der Waals surface area contributed by atoms with Crippen molar-refractivity contribution in [3.8, 4) is 0 Å². The monoisotopic (exact) mass is 280 g/mol. The molecule has 1 saturated heterocycles. The minimum atomic E-state index is 0.598. The Morgan fingerprint density at radius 3 is 2.85 bits per heavy atom. The zero-order valence-corrected chi connectivity index (χ0v) is 13.0. The smallest absolute Gasteiger partial charge is 0.0878 e. The number of aromatic amines is 1. The van der Waals surface area contributed by atoms with Gasteiger partial charge in [-0.15, -0.1) is 0 Å². The van der Waals surface area contributed by atoms with Crippen LogP contribution in [0.5, 0.6) is 0 Å². The average Bonchev–Trinajstić information content (AvgIpc) is 2.86. The van der Waals surface area contributed by atoms with E-state index in [1.807, 2.05) is 0 Å². The van der Waals surface area contributed by atoms with Gasteiger partial charge in [0.1, 0.15) is 0 Å². The summed E-state index contributed by atoms with van der Waals surface area (Å²) in [6, 6.07) is 2.70. The van der Waals surface area contributed by atoms with Gasteiger partial charge in [-0.1, -0.05) is 13.8 Å². The maximum atomic E-state index is 5.08. The first-order valence-corrected chi connectivity index (χ1v) is 7.65.